The Hall–Kier alpha value is -3.09. The molecule has 21 nitrogen and oxygen atoms in total. The summed E-state index contributed by atoms with van der Waals surface area (Å²) in [7, 11) is 0. The number of alkyl carbamates (subject to hydrolysis) is 2. The molecule has 0 rings (SSSR count). The largest absolute Gasteiger partial charge is 0.444 e. The molecule has 0 aromatic carbocycles. The van der Waals surface area contributed by atoms with Crippen LogP contribution in [0.2, 0.25) is 0 Å². The van der Waals surface area contributed by atoms with Crippen molar-refractivity contribution in [3.8, 4) is 0 Å². The summed E-state index contributed by atoms with van der Waals surface area (Å²) in [6.07, 6.45) is -0.156. The van der Waals surface area contributed by atoms with E-state index in [4.69, 9.17) is 48.1 Å². The molecule has 0 saturated heterocycles. The number of nitrogens with one attached hydrogen (secondary N) is 3. The Morgan fingerprint density at radius 2 is 0.810 bits per heavy atom. The molecule has 0 radical (unpaired) electrons. The van der Waals surface area contributed by atoms with Crippen LogP contribution in [0.4, 0.5) is 9.59 Å². The number of nitrogens with zero attached hydrogens (tertiary/aromatic N) is 3. The molecular weight excluding hydrogens is 828 g/mol. The van der Waals surface area contributed by atoms with Crippen molar-refractivity contribution in [2.75, 3.05) is 171 Å². The third-order valence-electron chi connectivity index (χ3n) is 8.14. The van der Waals surface area contributed by atoms with E-state index >= 15 is 0 Å². The van der Waals surface area contributed by atoms with Gasteiger partial charge in [0.05, 0.1) is 106 Å². The Bertz CT molecular complexity index is 1120. The molecule has 0 spiro atoms. The number of aliphatic hydroxyl groups excluding tert-OH is 2. The molecule has 0 unspecified atom stereocenters. The fourth-order valence-electron chi connectivity index (χ4n) is 5.33. The second kappa shape index (κ2) is 38.2. The number of hydrogen-bond acceptors (Lipinski definition) is 18. The van der Waals surface area contributed by atoms with Crippen molar-refractivity contribution in [2.24, 2.45) is 0 Å². The SMILES string of the molecule is CC(=O)CN(CCOCCCC(=O)CN(CCOCCO)CCOCCNC(=O)OC(C)(C)C)CCOCCNC(=O)CN(CCOCCO)CCOCCNC(=O)OC(C)(C)C. The van der Waals surface area contributed by atoms with E-state index in [1.54, 1.807) is 41.5 Å². The van der Waals surface area contributed by atoms with Crippen LogP contribution in [0.15, 0.2) is 0 Å². The Kier molecular flexibility index (Phi) is 36.3. The van der Waals surface area contributed by atoms with E-state index in [2.05, 4.69) is 16.0 Å². The average molecular weight is 911 g/mol. The molecule has 3 amide bonds. The molecule has 0 fully saturated rings. The quantitative estimate of drug-likeness (QED) is 0.0510. The van der Waals surface area contributed by atoms with Crippen LogP contribution < -0.4 is 16.0 Å². The summed E-state index contributed by atoms with van der Waals surface area (Å²) < 4.78 is 43.9. The van der Waals surface area contributed by atoms with Gasteiger partial charge in [0.2, 0.25) is 5.91 Å². The van der Waals surface area contributed by atoms with Crippen LogP contribution in [0.25, 0.3) is 0 Å². The number of Topliss-reactive ketones (excluding diaryl/α,β-unsaturated/α-hetero) is 2. The van der Waals surface area contributed by atoms with Crippen LogP contribution in [0.5, 0.6) is 0 Å². The van der Waals surface area contributed by atoms with Crippen molar-refractivity contribution in [1.82, 2.24) is 30.7 Å². The van der Waals surface area contributed by atoms with E-state index in [0.717, 1.165) is 0 Å². The topological polar surface area (TPSA) is 245 Å². The standard InChI is InChI=1S/C42H82N6O15/c1-36(51)33-46(13-25-56-21-8-9-37(52)34-47(16-29-60-31-19-49)15-27-58-23-11-44-39(54)62-41(2,3)4)14-26-57-22-10-43-38(53)35-48(18-30-61-32-20-50)17-28-59-24-12-45-40(55)63-42(5,6)7/h49-50H,8-35H2,1-7H3,(H,43,53)(H,44,54)(H,45,55). The van der Waals surface area contributed by atoms with Crippen molar-refractivity contribution >= 4 is 29.7 Å². The van der Waals surface area contributed by atoms with E-state index in [0.29, 0.717) is 118 Å². The maximum atomic E-state index is 12.8. The first-order valence-electron chi connectivity index (χ1n) is 22.0. The molecular formula is C42H82N6O15. The number of rotatable bonds is 41. The summed E-state index contributed by atoms with van der Waals surface area (Å²) >= 11 is 0. The lowest BCUT2D eigenvalue weighted by Crippen LogP contribution is -2.41. The van der Waals surface area contributed by atoms with Crippen molar-refractivity contribution in [1.29, 1.82) is 0 Å². The smallest absolute Gasteiger partial charge is 0.407 e. The van der Waals surface area contributed by atoms with Crippen LogP contribution in [0.1, 0.15) is 61.3 Å². The molecule has 0 aromatic heterocycles. The first kappa shape index (κ1) is 59.9. The second-order valence-electron chi connectivity index (χ2n) is 16.5. The number of hydrogen-bond donors (Lipinski definition) is 5. The normalized spacial score (nSPS) is 11.9. The van der Waals surface area contributed by atoms with E-state index < -0.39 is 23.4 Å². The van der Waals surface area contributed by atoms with Gasteiger partial charge in [0.15, 0.2) is 0 Å². The van der Waals surface area contributed by atoms with Gasteiger partial charge in [0.1, 0.15) is 22.8 Å². The predicted octanol–water partition coefficient (Wildman–Crippen LogP) is 0.0805. The summed E-state index contributed by atoms with van der Waals surface area (Å²) in [5, 5.41) is 26.1. The van der Waals surface area contributed by atoms with Gasteiger partial charge in [0.25, 0.3) is 0 Å². The summed E-state index contributed by atoms with van der Waals surface area (Å²) in [5.74, 6) is -0.137. The highest BCUT2D eigenvalue weighted by Crippen LogP contribution is 2.07. The van der Waals surface area contributed by atoms with Gasteiger partial charge >= 0.3 is 12.2 Å². The number of ether oxygens (including phenoxy) is 8. The highest BCUT2D eigenvalue weighted by atomic mass is 16.6. The van der Waals surface area contributed by atoms with Gasteiger partial charge in [-0.2, -0.15) is 0 Å². The van der Waals surface area contributed by atoms with Gasteiger partial charge in [0, 0.05) is 71.9 Å². The second-order valence-corrected chi connectivity index (χ2v) is 16.5. The number of carbonyl (C=O) groups is 5. The summed E-state index contributed by atoms with van der Waals surface area (Å²) in [5.41, 5.74) is -1.17. The maximum absolute atomic E-state index is 12.8. The molecule has 0 bridgehead atoms. The Balaban J connectivity index is 4.45. The number of carbonyl (C=O) groups excluding carboxylic acids is 5. The fourth-order valence-corrected chi connectivity index (χ4v) is 5.33. The summed E-state index contributed by atoms with van der Waals surface area (Å²) in [6.45, 7) is 20.1. The number of aliphatic hydroxyl groups is 2. The van der Waals surface area contributed by atoms with Crippen LogP contribution in [0.3, 0.4) is 0 Å². The van der Waals surface area contributed by atoms with E-state index in [9.17, 15) is 24.0 Å². The van der Waals surface area contributed by atoms with Gasteiger partial charge in [-0.1, -0.05) is 0 Å². The van der Waals surface area contributed by atoms with Crippen LogP contribution >= 0.6 is 0 Å². The highest BCUT2D eigenvalue weighted by molar-refractivity contribution is 5.80. The van der Waals surface area contributed by atoms with Crippen molar-refractivity contribution in [3.63, 3.8) is 0 Å². The number of amides is 3. The Morgan fingerprint density at radius 1 is 0.460 bits per heavy atom. The molecule has 370 valence electrons. The zero-order valence-electron chi connectivity index (χ0n) is 39.3. The van der Waals surface area contributed by atoms with Crippen molar-refractivity contribution < 1.29 is 72.1 Å². The van der Waals surface area contributed by atoms with Crippen LogP contribution in [-0.4, -0.2) is 237 Å². The van der Waals surface area contributed by atoms with E-state index in [-0.39, 0.29) is 83.3 Å². The van der Waals surface area contributed by atoms with Crippen LogP contribution in [-0.2, 0) is 52.3 Å². The molecule has 21 heteroatoms. The molecule has 5 N–H and O–H groups in total. The zero-order chi connectivity index (χ0) is 47.2. The lowest BCUT2D eigenvalue weighted by atomic mass is 10.2. The van der Waals surface area contributed by atoms with Crippen LogP contribution in [0, 0.1) is 0 Å². The number of ketones is 2. The molecule has 0 aliphatic heterocycles. The van der Waals surface area contributed by atoms with E-state index in [1.165, 1.54) is 6.92 Å². The Labute approximate surface area is 375 Å². The molecule has 0 aromatic rings. The zero-order valence-corrected chi connectivity index (χ0v) is 39.3. The summed E-state index contributed by atoms with van der Waals surface area (Å²) in [6, 6.07) is 0. The van der Waals surface area contributed by atoms with Gasteiger partial charge in [-0.05, 0) is 54.9 Å². The minimum absolute atomic E-state index is 0.0104. The lowest BCUT2D eigenvalue weighted by molar-refractivity contribution is -0.123. The molecule has 0 atom stereocenters. The maximum Gasteiger partial charge on any atom is 0.407 e. The third-order valence-corrected chi connectivity index (χ3v) is 8.14. The first-order chi connectivity index (χ1) is 29.9. The predicted molar refractivity (Wildman–Crippen MR) is 235 cm³/mol. The van der Waals surface area contributed by atoms with Gasteiger partial charge in [-0.3, -0.25) is 29.1 Å². The monoisotopic (exact) mass is 911 g/mol. The van der Waals surface area contributed by atoms with E-state index in [1.807, 2.05) is 14.7 Å². The average Bonchev–Trinajstić information content (AvgIpc) is 3.18. The van der Waals surface area contributed by atoms with Crippen molar-refractivity contribution in [3.05, 3.63) is 0 Å². The Morgan fingerprint density at radius 3 is 1.19 bits per heavy atom. The van der Waals surface area contributed by atoms with Gasteiger partial charge in [-0.15, -0.1) is 0 Å². The first-order valence-corrected chi connectivity index (χ1v) is 22.0. The van der Waals surface area contributed by atoms with Gasteiger partial charge < -0.3 is 64.1 Å². The summed E-state index contributed by atoms with van der Waals surface area (Å²) in [4.78, 5) is 66.6. The third kappa shape index (κ3) is 42.6. The lowest BCUT2D eigenvalue weighted by Gasteiger charge is -2.22. The highest BCUT2D eigenvalue weighted by Gasteiger charge is 2.17. The van der Waals surface area contributed by atoms with Crippen molar-refractivity contribution in [2.45, 2.75) is 72.5 Å². The molecule has 0 aliphatic carbocycles. The fraction of sp³-hybridized carbons (Fsp3) is 0.881. The molecule has 63 heavy (non-hydrogen) atoms. The molecule has 0 heterocycles. The van der Waals surface area contributed by atoms with Gasteiger partial charge in [-0.25, -0.2) is 9.59 Å². The minimum atomic E-state index is -0.587. The molecule has 0 saturated carbocycles. The molecule has 0 aliphatic rings. The minimum Gasteiger partial charge on any atom is -0.444 e.